The van der Waals surface area contributed by atoms with Crippen molar-refractivity contribution in [1.29, 1.82) is 0 Å². The van der Waals surface area contributed by atoms with E-state index in [9.17, 15) is 0 Å². The third-order valence-corrected chi connectivity index (χ3v) is 12.1. The van der Waals surface area contributed by atoms with Crippen LogP contribution in [0.3, 0.4) is 0 Å². The highest BCUT2D eigenvalue weighted by Crippen LogP contribution is 2.41. The van der Waals surface area contributed by atoms with Crippen LogP contribution in [0.2, 0.25) is 0 Å². The lowest BCUT2D eigenvalue weighted by Crippen LogP contribution is -2.23. The summed E-state index contributed by atoms with van der Waals surface area (Å²) in [5, 5.41) is 0. The van der Waals surface area contributed by atoms with E-state index >= 15 is 0 Å². The van der Waals surface area contributed by atoms with Gasteiger partial charge in [-0.3, -0.25) is 19.8 Å². The summed E-state index contributed by atoms with van der Waals surface area (Å²) in [4.78, 5) is 13.7. The molecule has 6 heterocycles. The molecule has 8 heteroatoms. The molecule has 0 radical (unpaired) electrons. The van der Waals surface area contributed by atoms with Gasteiger partial charge in [0, 0.05) is 50.0 Å². The van der Waals surface area contributed by atoms with Gasteiger partial charge in [-0.2, -0.15) is 0 Å². The summed E-state index contributed by atoms with van der Waals surface area (Å²) in [7, 11) is 0. The molecular weight excluding hydrogens is 721 g/mol. The quantitative estimate of drug-likeness (QED) is 0.152. The molecule has 4 aromatic carbocycles. The van der Waals surface area contributed by atoms with Crippen LogP contribution in [0, 0.1) is 13.8 Å². The SMILES string of the molecule is Cc1cc(-c2cccnc2)ccc1CN1CCC[C@@H]1c1ccc2c(c1)OCCO2.Cc1cc(-c2cccnc2)ccc1CN1CCC[C@H]1c1ccc2c(c1)OCCO2. The summed E-state index contributed by atoms with van der Waals surface area (Å²) in [5.41, 5.74) is 12.9. The highest BCUT2D eigenvalue weighted by Gasteiger charge is 2.29. The molecular formula is C50H52N4O4. The zero-order chi connectivity index (χ0) is 39.3. The number of aromatic nitrogens is 2. The lowest BCUT2D eigenvalue weighted by Gasteiger charge is -2.27. The monoisotopic (exact) mass is 772 g/mol. The van der Waals surface area contributed by atoms with Crippen molar-refractivity contribution in [3.8, 4) is 45.3 Å². The first-order valence-corrected chi connectivity index (χ1v) is 20.8. The topological polar surface area (TPSA) is 69.2 Å². The molecule has 58 heavy (non-hydrogen) atoms. The molecule has 0 unspecified atom stereocenters. The van der Waals surface area contributed by atoms with Crippen molar-refractivity contribution in [2.24, 2.45) is 0 Å². The maximum atomic E-state index is 5.80. The molecule has 4 aliphatic heterocycles. The summed E-state index contributed by atoms with van der Waals surface area (Å²) < 4.78 is 23.0. The van der Waals surface area contributed by atoms with Crippen LogP contribution in [0.25, 0.3) is 22.3 Å². The number of hydrogen-bond acceptors (Lipinski definition) is 8. The standard InChI is InChI=1S/2C25H26N2O2/c2*1-18-14-19(21-4-2-10-26-16-21)6-7-22(18)17-27-11-3-5-23(27)20-8-9-24-25(15-20)29-13-12-28-24/h2*2,4,6-10,14-16,23H,3,5,11-13,17H2,1H3/t2*23-/m10/s1. The minimum Gasteiger partial charge on any atom is -0.486 e. The van der Waals surface area contributed by atoms with Gasteiger partial charge in [0.15, 0.2) is 23.0 Å². The van der Waals surface area contributed by atoms with E-state index in [4.69, 9.17) is 18.9 Å². The summed E-state index contributed by atoms with van der Waals surface area (Å²) in [5.74, 6) is 3.51. The first-order chi connectivity index (χ1) is 28.6. The highest BCUT2D eigenvalue weighted by molar-refractivity contribution is 5.64. The molecule has 0 bridgehead atoms. The molecule has 4 aliphatic rings. The van der Waals surface area contributed by atoms with Crippen molar-refractivity contribution < 1.29 is 18.9 Å². The van der Waals surface area contributed by atoms with Gasteiger partial charge < -0.3 is 18.9 Å². The second-order valence-corrected chi connectivity index (χ2v) is 15.8. The van der Waals surface area contributed by atoms with Gasteiger partial charge in [0.1, 0.15) is 26.4 Å². The Kier molecular flexibility index (Phi) is 11.4. The number of fused-ring (bicyclic) bond motifs is 2. The second-order valence-electron chi connectivity index (χ2n) is 15.8. The number of pyridine rings is 2. The number of ether oxygens (including phenoxy) is 4. The second kappa shape index (κ2) is 17.4. The van der Waals surface area contributed by atoms with Crippen molar-refractivity contribution in [2.75, 3.05) is 39.5 Å². The molecule has 0 amide bonds. The Balaban J connectivity index is 0.000000150. The van der Waals surface area contributed by atoms with Crippen LogP contribution in [0.5, 0.6) is 23.0 Å². The number of nitrogens with zero attached hydrogens (tertiary/aromatic N) is 4. The lowest BCUT2D eigenvalue weighted by molar-refractivity contribution is 0.170. The molecule has 2 aromatic heterocycles. The van der Waals surface area contributed by atoms with Gasteiger partial charge >= 0.3 is 0 Å². The molecule has 2 saturated heterocycles. The first-order valence-electron chi connectivity index (χ1n) is 20.8. The molecule has 0 saturated carbocycles. The fourth-order valence-electron chi connectivity index (χ4n) is 8.93. The molecule has 10 rings (SSSR count). The van der Waals surface area contributed by atoms with Gasteiger partial charge in [0.25, 0.3) is 0 Å². The Labute approximate surface area is 342 Å². The van der Waals surface area contributed by atoms with Gasteiger partial charge in [-0.1, -0.05) is 60.7 Å². The van der Waals surface area contributed by atoms with Crippen LogP contribution in [0.15, 0.2) is 122 Å². The van der Waals surface area contributed by atoms with Crippen LogP contribution < -0.4 is 18.9 Å². The van der Waals surface area contributed by atoms with E-state index in [0.717, 1.165) is 60.3 Å². The van der Waals surface area contributed by atoms with E-state index in [0.29, 0.717) is 38.5 Å². The predicted octanol–water partition coefficient (Wildman–Crippen LogP) is 10.3. The van der Waals surface area contributed by atoms with Gasteiger partial charge in [-0.05, 0) is 145 Å². The Morgan fingerprint density at radius 3 is 1.36 bits per heavy atom. The number of benzene rings is 4. The largest absolute Gasteiger partial charge is 0.486 e. The summed E-state index contributed by atoms with van der Waals surface area (Å²) in [6.45, 7) is 11.2. The fraction of sp³-hybridized carbons (Fsp3) is 0.320. The summed E-state index contributed by atoms with van der Waals surface area (Å²) >= 11 is 0. The first kappa shape index (κ1) is 37.9. The zero-order valence-corrected chi connectivity index (χ0v) is 33.6. The highest BCUT2D eigenvalue weighted by atomic mass is 16.6. The summed E-state index contributed by atoms with van der Waals surface area (Å²) in [6.07, 6.45) is 12.3. The third-order valence-electron chi connectivity index (χ3n) is 12.1. The van der Waals surface area contributed by atoms with Crippen LogP contribution in [0.1, 0.15) is 71.1 Å². The molecule has 0 spiro atoms. The smallest absolute Gasteiger partial charge is 0.161 e. The maximum absolute atomic E-state index is 5.80. The predicted molar refractivity (Wildman–Crippen MR) is 228 cm³/mol. The van der Waals surface area contributed by atoms with E-state index in [1.165, 1.54) is 70.2 Å². The average molecular weight is 773 g/mol. The number of rotatable bonds is 8. The molecule has 8 nitrogen and oxygen atoms in total. The third kappa shape index (κ3) is 8.45. The molecule has 296 valence electrons. The van der Waals surface area contributed by atoms with Gasteiger partial charge in [-0.25, -0.2) is 0 Å². The molecule has 0 aliphatic carbocycles. The number of aryl methyl sites for hydroxylation is 2. The van der Waals surface area contributed by atoms with Crippen molar-refractivity contribution in [3.05, 3.63) is 155 Å². The van der Waals surface area contributed by atoms with Crippen LogP contribution >= 0.6 is 0 Å². The van der Waals surface area contributed by atoms with Crippen molar-refractivity contribution >= 4 is 0 Å². The Bertz CT molecular complexity index is 2170. The van der Waals surface area contributed by atoms with Gasteiger partial charge in [-0.15, -0.1) is 0 Å². The average Bonchev–Trinajstić information content (AvgIpc) is 3.95. The molecule has 2 atom stereocenters. The normalized spacial score (nSPS) is 18.7. The lowest BCUT2D eigenvalue weighted by atomic mass is 9.99. The summed E-state index contributed by atoms with van der Waals surface area (Å²) in [6, 6.07) is 35.5. The molecule has 2 fully saturated rings. The van der Waals surface area contributed by atoms with E-state index in [1.54, 1.807) is 0 Å². The van der Waals surface area contributed by atoms with Crippen molar-refractivity contribution in [3.63, 3.8) is 0 Å². The van der Waals surface area contributed by atoms with Gasteiger partial charge in [0.2, 0.25) is 0 Å². The van der Waals surface area contributed by atoms with Crippen LogP contribution in [-0.2, 0) is 13.1 Å². The number of hydrogen-bond donors (Lipinski definition) is 0. The molecule has 6 aromatic rings. The Morgan fingerprint density at radius 2 is 0.948 bits per heavy atom. The van der Waals surface area contributed by atoms with E-state index in [-0.39, 0.29) is 0 Å². The minimum absolute atomic E-state index is 0.434. The molecule has 0 N–H and O–H groups in total. The minimum atomic E-state index is 0.434. The van der Waals surface area contributed by atoms with Crippen LogP contribution in [-0.4, -0.2) is 59.3 Å². The van der Waals surface area contributed by atoms with E-state index in [1.807, 2.05) is 36.9 Å². The van der Waals surface area contributed by atoms with Crippen molar-refractivity contribution in [1.82, 2.24) is 19.8 Å². The fourth-order valence-corrected chi connectivity index (χ4v) is 8.93. The van der Waals surface area contributed by atoms with Gasteiger partial charge in [0.05, 0.1) is 0 Å². The zero-order valence-electron chi connectivity index (χ0n) is 33.6. The maximum Gasteiger partial charge on any atom is 0.161 e. The Morgan fingerprint density at radius 1 is 0.500 bits per heavy atom. The number of likely N-dealkylation sites (tertiary alicyclic amines) is 2. The van der Waals surface area contributed by atoms with E-state index < -0.39 is 0 Å². The van der Waals surface area contributed by atoms with Crippen LogP contribution in [0.4, 0.5) is 0 Å². The Hall–Kier alpha value is -5.70. The van der Waals surface area contributed by atoms with Crippen molar-refractivity contribution in [2.45, 2.75) is 64.7 Å². The van der Waals surface area contributed by atoms with E-state index in [2.05, 4.69) is 119 Å².